The molecule has 0 aliphatic carbocycles. The highest BCUT2D eigenvalue weighted by molar-refractivity contribution is 8.00. The Kier molecular flexibility index (Phi) is 13.7. The molecular weight excluding hydrogens is 847 g/mol. The van der Waals surface area contributed by atoms with Gasteiger partial charge in [-0.1, -0.05) is 108 Å². The normalized spacial score (nSPS) is 18.6. The van der Waals surface area contributed by atoms with Gasteiger partial charge in [-0.25, -0.2) is 9.78 Å². The number of amides is 2. The first kappa shape index (κ1) is 43.4. The molecule has 63 heavy (non-hydrogen) atoms. The number of hydrogen-bond acceptors (Lipinski definition) is 14. The van der Waals surface area contributed by atoms with Crippen LogP contribution in [0.1, 0.15) is 40.8 Å². The van der Waals surface area contributed by atoms with Crippen LogP contribution in [-0.4, -0.2) is 96.2 Å². The molecule has 4 aromatic carbocycles. The Balaban J connectivity index is 1.13. The number of thioether (sulfide) groups is 1. The second kappa shape index (κ2) is 19.9. The van der Waals surface area contributed by atoms with Gasteiger partial charge >= 0.3 is 5.97 Å². The number of aromatic nitrogens is 1. The molecule has 0 bridgehead atoms. The van der Waals surface area contributed by atoms with Crippen LogP contribution in [0.2, 0.25) is 0 Å². The molecule has 2 fully saturated rings. The van der Waals surface area contributed by atoms with Gasteiger partial charge in [-0.2, -0.15) is 0 Å². The number of ether oxygens (including phenoxy) is 5. The zero-order chi connectivity index (χ0) is 43.8. The maximum atomic E-state index is 14.5. The summed E-state index contributed by atoms with van der Waals surface area (Å²) in [7, 11) is 2.99. The van der Waals surface area contributed by atoms with Crippen molar-refractivity contribution in [3.8, 4) is 11.5 Å². The van der Waals surface area contributed by atoms with Crippen molar-refractivity contribution >= 4 is 51.7 Å². The van der Waals surface area contributed by atoms with Crippen molar-refractivity contribution < 1.29 is 48.0 Å². The van der Waals surface area contributed by atoms with E-state index < -0.39 is 34.7 Å². The largest absolute Gasteiger partial charge is 0.477 e. The number of nitrogens with one attached hydrogen (secondary N) is 2. The number of para-hydroxylation sites is 1. The summed E-state index contributed by atoms with van der Waals surface area (Å²) in [6.07, 6.45) is 1.11. The second-order valence-electron chi connectivity index (χ2n) is 14.6. The Morgan fingerprint density at radius 1 is 0.905 bits per heavy atom. The Hall–Kier alpha value is -6.24. The first-order chi connectivity index (χ1) is 30.8. The molecule has 0 radical (unpaired) electrons. The van der Waals surface area contributed by atoms with Gasteiger partial charge in [0.15, 0.2) is 35.9 Å². The number of hydrogen-bond donors (Lipinski definition) is 3. The molecule has 3 aliphatic rings. The number of aliphatic carboxylic acids is 1. The topological polar surface area (TPSA) is 179 Å². The van der Waals surface area contributed by atoms with Crippen LogP contribution in [0.5, 0.6) is 11.5 Å². The second-order valence-corrected chi connectivity index (χ2v) is 16.6. The van der Waals surface area contributed by atoms with Crippen LogP contribution in [-0.2, 0) is 45.6 Å². The minimum absolute atomic E-state index is 0.0353. The van der Waals surface area contributed by atoms with Crippen LogP contribution < -0.4 is 20.1 Å². The van der Waals surface area contributed by atoms with E-state index >= 15 is 0 Å². The predicted octanol–water partition coefficient (Wildman–Crippen LogP) is 6.35. The summed E-state index contributed by atoms with van der Waals surface area (Å²) in [5, 5.41) is 22.6. The summed E-state index contributed by atoms with van der Waals surface area (Å²) in [4.78, 5) is 52.9. The van der Waals surface area contributed by atoms with Crippen molar-refractivity contribution in [2.75, 3.05) is 45.5 Å². The van der Waals surface area contributed by atoms with Gasteiger partial charge in [0.1, 0.15) is 35.0 Å². The molecule has 0 saturated carbocycles. The Morgan fingerprint density at radius 3 is 2.16 bits per heavy atom. The molecule has 2 saturated heterocycles. The molecule has 326 valence electrons. The molecular formula is C46H45N5O10S2. The van der Waals surface area contributed by atoms with Gasteiger partial charge in [0.25, 0.3) is 11.8 Å². The minimum atomic E-state index is -1.22. The molecule has 8 rings (SSSR count). The van der Waals surface area contributed by atoms with E-state index in [4.69, 9.17) is 33.5 Å². The van der Waals surface area contributed by atoms with E-state index in [2.05, 4.69) is 15.8 Å². The average molecular weight is 892 g/mol. The van der Waals surface area contributed by atoms with Crippen molar-refractivity contribution in [1.82, 2.24) is 15.2 Å². The van der Waals surface area contributed by atoms with E-state index in [9.17, 15) is 19.5 Å². The molecule has 2 amide bonds. The molecule has 3 N–H and O–H groups in total. The highest BCUT2D eigenvalue weighted by atomic mass is 32.2. The lowest BCUT2D eigenvalue weighted by molar-refractivity contribution is -0.150. The van der Waals surface area contributed by atoms with Gasteiger partial charge in [0.05, 0.1) is 6.10 Å². The number of carbonyl (C=O) groups is 3. The number of carboxylic acids is 1. The molecule has 0 spiro atoms. The molecule has 5 aromatic rings. The number of carboxylic acid groups (broad SMARTS) is 1. The van der Waals surface area contributed by atoms with Gasteiger partial charge in [-0.15, -0.1) is 23.1 Å². The summed E-state index contributed by atoms with van der Waals surface area (Å²) in [6, 6.07) is 34.2. The smallest absolute Gasteiger partial charge is 0.352 e. The first-order valence-electron chi connectivity index (χ1n) is 20.1. The van der Waals surface area contributed by atoms with Crippen molar-refractivity contribution in [3.63, 3.8) is 0 Å². The van der Waals surface area contributed by atoms with Gasteiger partial charge in [-0.3, -0.25) is 14.5 Å². The molecule has 3 aliphatic heterocycles. The standard InChI is InChI=1S/C46H45N5O10S2/c1-56-27-59-36-21-12-14-29(40(36)60-28-57-2)24-61-50-37(41(52)48-38-42(53)51-39(44(54)55)33(25-62-43(38)51)35-22-13-23-58-35)34-26-63-45(47-34)49-46(30-15-6-3-7-16-30,31-17-8-4-9-18-31)32-19-10-5-11-20-32/h3-12,14-21,26,35,38,43H,13,22-25,27-28H2,1-2H3,(H,47,49)(H,48,52)(H,54,55)/b50-37-/t35-,38+,43+/m0/s1. The van der Waals surface area contributed by atoms with Crippen LogP contribution in [0.15, 0.2) is 131 Å². The third-order valence-electron chi connectivity index (χ3n) is 10.8. The van der Waals surface area contributed by atoms with Crippen LogP contribution in [0.4, 0.5) is 5.13 Å². The predicted molar refractivity (Wildman–Crippen MR) is 236 cm³/mol. The summed E-state index contributed by atoms with van der Waals surface area (Å²) in [5.41, 5.74) is 2.91. The Bertz CT molecular complexity index is 2370. The van der Waals surface area contributed by atoms with Crippen molar-refractivity contribution in [2.24, 2.45) is 5.16 Å². The lowest BCUT2D eigenvalue weighted by Crippen LogP contribution is -2.71. The van der Waals surface area contributed by atoms with Gasteiger partial charge in [0.2, 0.25) is 0 Å². The SMILES string of the molecule is COCOc1cccc(CO/N=C(\C(=O)N[C@@H]2C(=O)N3C(C(=O)O)=C([C@@H]4CCCO4)CS[C@H]23)c2csc(NC(c3ccccc3)(c3ccccc3)c3ccccc3)n2)c1OCOC. The zero-order valence-corrected chi connectivity index (χ0v) is 36.1. The number of oxime groups is 1. The van der Waals surface area contributed by atoms with Gasteiger partial charge < -0.3 is 44.3 Å². The van der Waals surface area contributed by atoms with E-state index in [-0.39, 0.29) is 43.4 Å². The average Bonchev–Trinajstić information content (AvgIpc) is 4.04. The van der Waals surface area contributed by atoms with E-state index in [0.717, 1.165) is 23.1 Å². The van der Waals surface area contributed by atoms with E-state index in [1.165, 1.54) is 42.2 Å². The number of methoxy groups -OCH3 is 2. The van der Waals surface area contributed by atoms with Crippen LogP contribution in [0.25, 0.3) is 0 Å². The first-order valence-corrected chi connectivity index (χ1v) is 22.1. The summed E-state index contributed by atoms with van der Waals surface area (Å²) in [6.45, 7) is 0.246. The quantitative estimate of drug-likeness (QED) is 0.0275. The number of rotatable bonds is 19. The van der Waals surface area contributed by atoms with E-state index in [1.54, 1.807) is 23.6 Å². The minimum Gasteiger partial charge on any atom is -0.477 e. The van der Waals surface area contributed by atoms with Crippen molar-refractivity contribution in [2.45, 2.75) is 42.5 Å². The zero-order valence-electron chi connectivity index (χ0n) is 34.4. The van der Waals surface area contributed by atoms with Crippen molar-refractivity contribution in [1.29, 1.82) is 0 Å². The molecule has 0 unspecified atom stereocenters. The van der Waals surface area contributed by atoms with E-state index in [1.807, 2.05) is 91.0 Å². The third-order valence-corrected chi connectivity index (χ3v) is 12.8. The number of benzene rings is 4. The maximum absolute atomic E-state index is 14.5. The van der Waals surface area contributed by atoms with Gasteiger partial charge in [-0.05, 0) is 41.2 Å². The highest BCUT2D eigenvalue weighted by Crippen LogP contribution is 2.44. The van der Waals surface area contributed by atoms with Crippen molar-refractivity contribution in [3.05, 3.63) is 154 Å². The van der Waals surface area contributed by atoms with Gasteiger partial charge in [0, 0.05) is 37.5 Å². The lowest BCUT2D eigenvalue weighted by atomic mass is 9.77. The fourth-order valence-corrected chi connectivity index (χ4v) is 10.1. The number of anilines is 1. The Morgan fingerprint density at radius 2 is 1.56 bits per heavy atom. The van der Waals surface area contributed by atoms with Crippen LogP contribution in [0.3, 0.4) is 0 Å². The number of fused-ring (bicyclic) bond motifs is 1. The number of β-lactam (4-membered cyclic amide) rings is 1. The fraction of sp³-hybridized carbons (Fsp3) is 0.283. The van der Waals surface area contributed by atoms with Crippen LogP contribution >= 0.6 is 23.1 Å². The summed E-state index contributed by atoms with van der Waals surface area (Å²) >= 11 is 2.64. The molecule has 4 heterocycles. The maximum Gasteiger partial charge on any atom is 0.352 e. The highest BCUT2D eigenvalue weighted by Gasteiger charge is 2.55. The summed E-state index contributed by atoms with van der Waals surface area (Å²) < 4.78 is 27.6. The number of nitrogens with zero attached hydrogens (tertiary/aromatic N) is 3. The number of carbonyl (C=O) groups excluding carboxylic acids is 2. The molecule has 17 heteroatoms. The fourth-order valence-electron chi connectivity index (χ4n) is 7.90. The lowest BCUT2D eigenvalue weighted by Gasteiger charge is -2.49. The van der Waals surface area contributed by atoms with Crippen LogP contribution in [0, 0.1) is 0 Å². The number of thiazole rings is 1. The molecule has 3 atom stereocenters. The Labute approximate surface area is 372 Å². The molecule has 1 aromatic heterocycles. The summed E-state index contributed by atoms with van der Waals surface area (Å²) in [5.74, 6) is -1.47. The molecule has 15 nitrogen and oxygen atoms in total. The van der Waals surface area contributed by atoms with E-state index in [0.29, 0.717) is 46.5 Å². The third kappa shape index (κ3) is 9.01. The monoisotopic (exact) mass is 891 g/mol.